The van der Waals surface area contributed by atoms with Crippen LogP contribution in [0.2, 0.25) is 0 Å². The number of hydrogen-bond donors (Lipinski definition) is 1. The summed E-state index contributed by atoms with van der Waals surface area (Å²) < 4.78 is 0. The monoisotopic (exact) mass is 422 g/mol. The first-order valence-electron chi connectivity index (χ1n) is 11.6. The fourth-order valence-electron chi connectivity index (χ4n) is 5.02. The SMILES string of the molecule is CC1(C(=O)N2CCCC(Cc3ccn[nH]3)C2)CCN(C(=O)CCc2ccccc2)CC1. The molecule has 2 amide bonds. The Morgan fingerprint density at radius 2 is 1.87 bits per heavy atom. The third-order valence-electron chi connectivity index (χ3n) is 7.08. The fraction of sp³-hybridized carbons (Fsp3) is 0.560. The lowest BCUT2D eigenvalue weighted by atomic mass is 9.78. The lowest BCUT2D eigenvalue weighted by molar-refractivity contribution is -0.148. The van der Waals surface area contributed by atoms with Gasteiger partial charge in [0.05, 0.1) is 0 Å². The Hall–Kier alpha value is -2.63. The molecule has 31 heavy (non-hydrogen) atoms. The minimum atomic E-state index is -0.355. The third-order valence-corrected chi connectivity index (χ3v) is 7.08. The first kappa shape index (κ1) is 21.6. The van der Waals surface area contributed by atoms with Gasteiger partial charge in [-0.2, -0.15) is 5.10 Å². The molecule has 4 rings (SSSR count). The molecule has 0 aliphatic carbocycles. The van der Waals surface area contributed by atoms with Gasteiger partial charge < -0.3 is 9.80 Å². The molecule has 1 unspecified atom stereocenters. The van der Waals surface area contributed by atoms with Crippen LogP contribution in [-0.2, 0) is 22.4 Å². The van der Waals surface area contributed by atoms with Crippen LogP contribution in [0.3, 0.4) is 0 Å². The number of hydrogen-bond acceptors (Lipinski definition) is 3. The van der Waals surface area contributed by atoms with Gasteiger partial charge in [-0.1, -0.05) is 37.3 Å². The summed E-state index contributed by atoms with van der Waals surface area (Å²) in [6.07, 6.45) is 7.78. The molecular formula is C25H34N4O2. The van der Waals surface area contributed by atoms with Gasteiger partial charge in [-0.15, -0.1) is 0 Å². The summed E-state index contributed by atoms with van der Waals surface area (Å²) in [4.78, 5) is 30.1. The number of likely N-dealkylation sites (tertiary alicyclic amines) is 2. The van der Waals surface area contributed by atoms with Crippen LogP contribution in [0.25, 0.3) is 0 Å². The molecule has 2 saturated heterocycles. The fourth-order valence-corrected chi connectivity index (χ4v) is 5.02. The van der Waals surface area contributed by atoms with Crippen molar-refractivity contribution in [2.45, 2.75) is 51.9 Å². The molecule has 1 aromatic heterocycles. The second kappa shape index (κ2) is 9.67. The predicted octanol–water partition coefficient (Wildman–Crippen LogP) is 3.45. The molecule has 2 aliphatic heterocycles. The van der Waals surface area contributed by atoms with E-state index in [0.29, 0.717) is 25.4 Å². The summed E-state index contributed by atoms with van der Waals surface area (Å²) in [5.74, 6) is 0.968. The third kappa shape index (κ3) is 5.35. The van der Waals surface area contributed by atoms with E-state index in [1.54, 1.807) is 6.20 Å². The van der Waals surface area contributed by atoms with E-state index in [9.17, 15) is 9.59 Å². The van der Waals surface area contributed by atoms with E-state index in [1.165, 1.54) is 5.56 Å². The zero-order valence-electron chi connectivity index (χ0n) is 18.6. The van der Waals surface area contributed by atoms with Gasteiger partial charge in [0.25, 0.3) is 0 Å². The van der Waals surface area contributed by atoms with Gasteiger partial charge in [0.1, 0.15) is 0 Å². The zero-order chi connectivity index (χ0) is 21.7. The van der Waals surface area contributed by atoms with Gasteiger partial charge in [-0.3, -0.25) is 14.7 Å². The molecule has 1 aromatic carbocycles. The number of amides is 2. The van der Waals surface area contributed by atoms with Crippen LogP contribution in [0.5, 0.6) is 0 Å². The van der Waals surface area contributed by atoms with Crippen molar-refractivity contribution in [3.63, 3.8) is 0 Å². The van der Waals surface area contributed by atoms with Crippen LogP contribution in [0.15, 0.2) is 42.6 Å². The Morgan fingerprint density at radius 3 is 2.58 bits per heavy atom. The van der Waals surface area contributed by atoms with Gasteiger partial charge in [-0.05, 0) is 56.1 Å². The molecule has 1 atom stereocenters. The van der Waals surface area contributed by atoms with Crippen molar-refractivity contribution in [2.24, 2.45) is 11.3 Å². The molecular weight excluding hydrogens is 388 g/mol. The summed E-state index contributed by atoms with van der Waals surface area (Å²) in [5.41, 5.74) is 1.99. The smallest absolute Gasteiger partial charge is 0.228 e. The molecule has 0 radical (unpaired) electrons. The number of piperidine rings is 2. The Bertz CT molecular complexity index is 857. The highest BCUT2D eigenvalue weighted by Gasteiger charge is 2.41. The average Bonchev–Trinajstić information content (AvgIpc) is 3.31. The number of nitrogens with zero attached hydrogens (tertiary/aromatic N) is 3. The van der Waals surface area contributed by atoms with Gasteiger partial charge in [0.2, 0.25) is 11.8 Å². The van der Waals surface area contributed by atoms with Crippen molar-refractivity contribution in [1.82, 2.24) is 20.0 Å². The van der Waals surface area contributed by atoms with E-state index in [4.69, 9.17) is 0 Å². The second-order valence-corrected chi connectivity index (χ2v) is 9.47. The maximum absolute atomic E-state index is 13.4. The van der Waals surface area contributed by atoms with Gasteiger partial charge in [-0.25, -0.2) is 0 Å². The van der Waals surface area contributed by atoms with Crippen LogP contribution < -0.4 is 0 Å². The highest BCUT2D eigenvalue weighted by molar-refractivity contribution is 5.83. The van der Waals surface area contributed by atoms with Crippen molar-refractivity contribution >= 4 is 11.8 Å². The number of rotatable bonds is 6. The molecule has 3 heterocycles. The average molecular weight is 423 g/mol. The summed E-state index contributed by atoms with van der Waals surface area (Å²) in [6.45, 7) is 5.14. The molecule has 0 bridgehead atoms. The number of carbonyl (C=O) groups is 2. The number of carbonyl (C=O) groups excluding carboxylic acids is 2. The molecule has 6 nitrogen and oxygen atoms in total. The Morgan fingerprint density at radius 1 is 1.10 bits per heavy atom. The molecule has 2 aliphatic rings. The number of benzene rings is 1. The predicted molar refractivity (Wildman–Crippen MR) is 120 cm³/mol. The summed E-state index contributed by atoms with van der Waals surface area (Å²) in [5, 5.41) is 7.08. The lowest BCUT2D eigenvalue weighted by Gasteiger charge is -2.43. The largest absolute Gasteiger partial charge is 0.343 e. The van der Waals surface area contributed by atoms with Crippen LogP contribution in [-0.4, -0.2) is 58.0 Å². The van der Waals surface area contributed by atoms with Crippen molar-refractivity contribution in [3.05, 3.63) is 53.9 Å². The minimum Gasteiger partial charge on any atom is -0.343 e. The Balaban J connectivity index is 1.27. The summed E-state index contributed by atoms with van der Waals surface area (Å²) >= 11 is 0. The molecule has 6 heteroatoms. The van der Waals surface area contributed by atoms with Crippen molar-refractivity contribution in [1.29, 1.82) is 0 Å². The topological polar surface area (TPSA) is 69.3 Å². The maximum Gasteiger partial charge on any atom is 0.228 e. The minimum absolute atomic E-state index is 0.205. The molecule has 0 spiro atoms. The Labute approximate surface area is 185 Å². The van der Waals surface area contributed by atoms with Crippen molar-refractivity contribution < 1.29 is 9.59 Å². The van der Waals surface area contributed by atoms with Crippen LogP contribution >= 0.6 is 0 Å². The normalized spacial score (nSPS) is 21.1. The highest BCUT2D eigenvalue weighted by atomic mass is 16.2. The second-order valence-electron chi connectivity index (χ2n) is 9.47. The standard InChI is InChI=1S/C25H34N4O2/c1-25(24(31)29-15-5-8-21(19-29)18-22-11-14-26-27-22)12-16-28(17-13-25)23(30)10-9-20-6-3-2-4-7-20/h2-4,6-7,11,14,21H,5,8-10,12-13,15-19H2,1H3,(H,26,27). The number of aryl methyl sites for hydroxylation is 1. The van der Waals surface area contributed by atoms with E-state index >= 15 is 0 Å². The zero-order valence-corrected chi connectivity index (χ0v) is 18.6. The van der Waals surface area contributed by atoms with Gasteiger partial charge >= 0.3 is 0 Å². The van der Waals surface area contributed by atoms with Gasteiger partial charge in [0.15, 0.2) is 0 Å². The van der Waals surface area contributed by atoms with E-state index < -0.39 is 0 Å². The Kier molecular flexibility index (Phi) is 6.73. The maximum atomic E-state index is 13.4. The summed E-state index contributed by atoms with van der Waals surface area (Å²) in [7, 11) is 0. The van der Waals surface area contributed by atoms with E-state index in [1.807, 2.05) is 29.2 Å². The number of aromatic amines is 1. The summed E-state index contributed by atoms with van der Waals surface area (Å²) in [6, 6.07) is 12.2. The van der Waals surface area contributed by atoms with E-state index in [0.717, 1.165) is 57.3 Å². The first-order chi connectivity index (χ1) is 15.0. The van der Waals surface area contributed by atoms with E-state index in [-0.39, 0.29) is 17.2 Å². The number of nitrogens with one attached hydrogen (secondary N) is 1. The van der Waals surface area contributed by atoms with Gasteiger partial charge in [0, 0.05) is 49.9 Å². The quantitative estimate of drug-likeness (QED) is 0.775. The van der Waals surface area contributed by atoms with Crippen molar-refractivity contribution in [3.8, 4) is 0 Å². The van der Waals surface area contributed by atoms with Crippen LogP contribution in [0.1, 0.15) is 50.3 Å². The number of aromatic nitrogens is 2. The first-order valence-corrected chi connectivity index (χ1v) is 11.6. The molecule has 2 aromatic rings. The molecule has 1 N–H and O–H groups in total. The highest BCUT2D eigenvalue weighted by Crippen LogP contribution is 2.35. The van der Waals surface area contributed by atoms with Crippen LogP contribution in [0.4, 0.5) is 0 Å². The molecule has 166 valence electrons. The molecule has 2 fully saturated rings. The lowest BCUT2D eigenvalue weighted by Crippen LogP contribution is -2.52. The molecule has 0 saturated carbocycles. The van der Waals surface area contributed by atoms with Crippen LogP contribution in [0, 0.1) is 11.3 Å². The van der Waals surface area contributed by atoms with E-state index in [2.05, 4.69) is 34.2 Å². The van der Waals surface area contributed by atoms with Crippen molar-refractivity contribution in [2.75, 3.05) is 26.2 Å². The number of H-pyrrole nitrogens is 1.